The molecule has 0 bridgehead atoms. The van der Waals surface area contributed by atoms with Gasteiger partial charge < -0.3 is 28.3 Å². The minimum Gasteiger partial charge on any atom is -0.358 e. The fourth-order valence-corrected chi connectivity index (χ4v) is 3.49. The van der Waals surface area contributed by atoms with Gasteiger partial charge in [-0.15, -0.1) is 0 Å². The van der Waals surface area contributed by atoms with Crippen LogP contribution in [-0.4, -0.2) is 90.3 Å². The van der Waals surface area contributed by atoms with Gasteiger partial charge in [-0.2, -0.15) is 0 Å². The van der Waals surface area contributed by atoms with E-state index in [4.69, 9.17) is 10.3 Å². The third-order valence-corrected chi connectivity index (χ3v) is 5.32. The van der Waals surface area contributed by atoms with E-state index in [0.29, 0.717) is 37.7 Å². The molecule has 172 valence electrons. The first-order valence-electron chi connectivity index (χ1n) is 10.4. The molecule has 1 heterocycles. The van der Waals surface area contributed by atoms with E-state index >= 15 is 0 Å². The monoisotopic (exact) mass is 565 g/mol. The molecule has 0 aromatic carbocycles. The van der Waals surface area contributed by atoms with Crippen molar-refractivity contribution in [2.75, 3.05) is 58.1 Å². The van der Waals surface area contributed by atoms with Crippen LogP contribution in [0.3, 0.4) is 0 Å². The minimum absolute atomic E-state index is 0. The Hall–Kier alpha value is 1.18. The van der Waals surface area contributed by atoms with Crippen molar-refractivity contribution in [2.24, 2.45) is 11.7 Å². The predicted molar refractivity (Wildman–Crippen MR) is 122 cm³/mol. The molecule has 0 spiro atoms. The molecule has 0 radical (unpaired) electrons. The number of nitrogens with one attached hydrogen (secondary N) is 2. The van der Waals surface area contributed by atoms with Crippen molar-refractivity contribution in [3.8, 4) is 0 Å². The van der Waals surface area contributed by atoms with E-state index in [2.05, 4.69) is 34.3 Å². The maximum absolute atomic E-state index is 12.5. The summed E-state index contributed by atoms with van der Waals surface area (Å²) in [4.78, 5) is 29.4. The zero-order valence-corrected chi connectivity index (χ0v) is 26.6. The zero-order chi connectivity index (χ0) is 20.8. The third-order valence-electron chi connectivity index (χ3n) is 4.95. The Morgan fingerprint density at radius 1 is 1.10 bits per heavy atom. The van der Waals surface area contributed by atoms with Gasteiger partial charge in [-0.05, 0) is 50.2 Å². The molecule has 10 heteroatoms. The van der Waals surface area contributed by atoms with E-state index in [1.54, 1.807) is 0 Å². The number of rotatable bonds is 14. The Bertz CT molecular complexity index is 452. The molecule has 0 aromatic rings. The first kappa shape index (κ1) is 33.4. The van der Waals surface area contributed by atoms with Crippen molar-refractivity contribution in [3.63, 3.8) is 0 Å². The van der Waals surface area contributed by atoms with Crippen molar-refractivity contribution in [1.29, 1.82) is 0 Å². The second kappa shape index (κ2) is 20.8. The number of carbonyl (C=O) groups excluding carboxylic acids is 2. The van der Waals surface area contributed by atoms with Gasteiger partial charge in [0, 0.05) is 45.0 Å². The molecule has 1 unspecified atom stereocenters. The van der Waals surface area contributed by atoms with Gasteiger partial charge in [0.05, 0.1) is 6.54 Å². The van der Waals surface area contributed by atoms with Crippen molar-refractivity contribution >= 4 is 23.9 Å². The summed E-state index contributed by atoms with van der Waals surface area (Å²) < 4.78 is 8.84. The molecule has 1 atom stereocenters. The van der Waals surface area contributed by atoms with Gasteiger partial charge >= 0.3 is 68.9 Å². The number of hydrogen-bond acceptors (Lipinski definition) is 7. The third kappa shape index (κ3) is 15.9. The van der Waals surface area contributed by atoms with Gasteiger partial charge in [0.2, 0.25) is 11.8 Å². The Balaban J connectivity index is 0. The Morgan fingerprint density at radius 2 is 1.73 bits per heavy atom. The minimum atomic E-state index is -0.492. The van der Waals surface area contributed by atoms with Crippen LogP contribution in [0.25, 0.3) is 0 Å². The van der Waals surface area contributed by atoms with E-state index in [9.17, 15) is 9.59 Å². The summed E-state index contributed by atoms with van der Waals surface area (Å²) in [6, 6.07) is -0.492. The molecule has 1 fully saturated rings. The molecular weight excluding hydrogens is 523 g/mol. The quantitative estimate of drug-likeness (QED) is 0.110. The number of carbonyl (C=O) groups is 2. The van der Waals surface area contributed by atoms with Crippen LogP contribution in [0.1, 0.15) is 39.5 Å². The molecule has 0 aliphatic carbocycles. The number of nitrogens with two attached hydrogens (primary N) is 1. The Labute approximate surface area is 246 Å². The molecule has 1 rings (SSSR count). The van der Waals surface area contributed by atoms with Gasteiger partial charge in [-0.3, -0.25) is 19.4 Å². The number of amides is 2. The fourth-order valence-electron chi connectivity index (χ4n) is 3.15. The maximum Gasteiger partial charge on any atom is 1.00 e. The molecule has 30 heavy (non-hydrogen) atoms. The van der Waals surface area contributed by atoms with E-state index in [0.717, 1.165) is 64.0 Å². The summed E-state index contributed by atoms with van der Waals surface area (Å²) in [5.41, 5.74) is 5.56. The van der Waals surface area contributed by atoms with E-state index in [-0.39, 0.29) is 88.1 Å². The molecule has 1 aliphatic heterocycles. The van der Waals surface area contributed by atoms with E-state index in [1.807, 2.05) is 0 Å². The molecular formula is C20H42CsN5O3S. The molecule has 0 aromatic heterocycles. The van der Waals surface area contributed by atoms with Crippen LogP contribution in [0.4, 0.5) is 0 Å². The van der Waals surface area contributed by atoms with Crippen LogP contribution in [0.15, 0.2) is 0 Å². The second-order valence-corrected chi connectivity index (χ2v) is 8.50. The van der Waals surface area contributed by atoms with Crippen LogP contribution in [0.2, 0.25) is 0 Å². The second-order valence-electron chi connectivity index (χ2n) is 7.83. The standard InChI is InChI=1S/C19H39N5O3S.CH3.Cs/c1-16(2)6-8-21-19(26)17(5-3-4-7-20)22-18(25)15-24-11-9-23(10-12-24)13-14-28-27;;/h16-17,27H,3-15,20H2,1-2H3,(H,21,26)(H,22,25);1H3;/q;-1;+1. The van der Waals surface area contributed by atoms with Gasteiger partial charge in [0.15, 0.2) is 0 Å². The Kier molecular flexibility index (Phi) is 23.1. The van der Waals surface area contributed by atoms with Crippen LogP contribution in [0, 0.1) is 13.3 Å². The van der Waals surface area contributed by atoms with Crippen LogP contribution < -0.4 is 85.3 Å². The van der Waals surface area contributed by atoms with Crippen LogP contribution >= 0.6 is 12.0 Å². The normalized spacial score (nSPS) is 15.8. The number of hydrogen-bond donors (Lipinski definition) is 4. The average Bonchev–Trinajstić information content (AvgIpc) is 2.66. The molecule has 1 aliphatic rings. The smallest absolute Gasteiger partial charge is 0.358 e. The average molecular weight is 566 g/mol. The van der Waals surface area contributed by atoms with Crippen LogP contribution in [0.5, 0.6) is 0 Å². The number of unbranched alkanes of at least 4 members (excludes halogenated alkanes) is 1. The largest absolute Gasteiger partial charge is 1.00 e. The van der Waals surface area contributed by atoms with Gasteiger partial charge in [0.25, 0.3) is 0 Å². The SMILES string of the molecule is CC(C)CCNC(=O)C(CCCCN)NC(=O)CN1CCN(CCSO)CC1.[CH3-].[Cs+]. The molecule has 2 amide bonds. The number of piperazine rings is 1. The summed E-state index contributed by atoms with van der Waals surface area (Å²) in [6.07, 6.45) is 3.21. The first-order valence-corrected chi connectivity index (χ1v) is 11.4. The molecule has 0 saturated carbocycles. The summed E-state index contributed by atoms with van der Waals surface area (Å²) >= 11 is 0.866. The molecule has 8 nitrogen and oxygen atoms in total. The summed E-state index contributed by atoms with van der Waals surface area (Å²) in [5, 5.41) is 5.87. The number of nitrogens with zero attached hydrogens (tertiary/aromatic N) is 2. The summed E-state index contributed by atoms with van der Waals surface area (Å²) in [6.45, 7) is 10.1. The summed E-state index contributed by atoms with van der Waals surface area (Å²) in [7, 11) is 0. The molecule has 1 saturated heterocycles. The fraction of sp³-hybridized carbons (Fsp3) is 0.850. The van der Waals surface area contributed by atoms with Crippen molar-refractivity contribution in [3.05, 3.63) is 7.43 Å². The first-order chi connectivity index (χ1) is 13.5. The van der Waals surface area contributed by atoms with E-state index < -0.39 is 6.04 Å². The van der Waals surface area contributed by atoms with Crippen LogP contribution in [-0.2, 0) is 9.59 Å². The van der Waals surface area contributed by atoms with Gasteiger partial charge in [-0.25, -0.2) is 0 Å². The van der Waals surface area contributed by atoms with Gasteiger partial charge in [-0.1, -0.05) is 13.8 Å². The zero-order valence-electron chi connectivity index (χ0n) is 19.5. The van der Waals surface area contributed by atoms with Crippen molar-refractivity contribution in [2.45, 2.75) is 45.6 Å². The predicted octanol–water partition coefficient (Wildman–Crippen LogP) is -1.96. The topological polar surface area (TPSA) is 111 Å². The maximum atomic E-state index is 12.5. The van der Waals surface area contributed by atoms with Crippen molar-refractivity contribution in [1.82, 2.24) is 20.4 Å². The van der Waals surface area contributed by atoms with Gasteiger partial charge in [0.1, 0.15) is 6.04 Å². The Morgan fingerprint density at radius 3 is 2.30 bits per heavy atom. The molecule has 5 N–H and O–H groups in total. The van der Waals surface area contributed by atoms with E-state index in [1.165, 1.54) is 0 Å². The van der Waals surface area contributed by atoms with Crippen molar-refractivity contribution < 1.29 is 83.0 Å². The summed E-state index contributed by atoms with van der Waals surface area (Å²) in [5.74, 6) is 1.03.